The van der Waals surface area contributed by atoms with Gasteiger partial charge in [0.2, 0.25) is 3.79 Å². The Labute approximate surface area is 105 Å². The van der Waals surface area contributed by atoms with E-state index in [-0.39, 0.29) is 6.42 Å². The van der Waals surface area contributed by atoms with Crippen molar-refractivity contribution >= 4 is 63.0 Å². The van der Waals surface area contributed by atoms with Gasteiger partial charge < -0.3 is 9.53 Å². The highest BCUT2D eigenvalue weighted by molar-refractivity contribution is 9.10. The SMILES string of the molecule is CC(Br)C(=O)OC(CC=O)C(Cl)(Cl)Cl. The summed E-state index contributed by atoms with van der Waals surface area (Å²) in [6.45, 7) is 1.57. The van der Waals surface area contributed by atoms with Gasteiger partial charge in [0.1, 0.15) is 11.1 Å². The van der Waals surface area contributed by atoms with Crippen molar-refractivity contribution in [1.82, 2.24) is 0 Å². The average Bonchev–Trinajstić information content (AvgIpc) is 2.01. The molecule has 3 nitrogen and oxygen atoms in total. The molecule has 0 aromatic heterocycles. The Morgan fingerprint density at radius 2 is 2.07 bits per heavy atom. The lowest BCUT2D eigenvalue weighted by atomic mass is 10.3. The molecule has 0 heterocycles. The van der Waals surface area contributed by atoms with E-state index in [4.69, 9.17) is 39.5 Å². The lowest BCUT2D eigenvalue weighted by molar-refractivity contribution is -0.148. The number of ether oxygens (including phenoxy) is 1. The fraction of sp³-hybridized carbons (Fsp3) is 0.714. The van der Waals surface area contributed by atoms with Crippen LogP contribution in [0.4, 0.5) is 0 Å². The molecule has 2 atom stereocenters. The van der Waals surface area contributed by atoms with E-state index in [1.807, 2.05) is 0 Å². The normalized spacial score (nSPS) is 15.8. The molecule has 0 fully saturated rings. The summed E-state index contributed by atoms with van der Waals surface area (Å²) in [7, 11) is 0. The number of halogens is 4. The molecule has 82 valence electrons. The molecule has 7 heteroatoms. The number of hydrogen-bond donors (Lipinski definition) is 0. The molecule has 0 saturated heterocycles. The largest absolute Gasteiger partial charge is 0.457 e. The van der Waals surface area contributed by atoms with Gasteiger partial charge in [-0.25, -0.2) is 0 Å². The van der Waals surface area contributed by atoms with E-state index in [0.717, 1.165) is 0 Å². The summed E-state index contributed by atoms with van der Waals surface area (Å²) in [6, 6.07) is 0. The van der Waals surface area contributed by atoms with Gasteiger partial charge >= 0.3 is 5.97 Å². The molecule has 2 unspecified atom stereocenters. The second kappa shape index (κ2) is 6.16. The van der Waals surface area contributed by atoms with Gasteiger partial charge in [-0.1, -0.05) is 50.7 Å². The van der Waals surface area contributed by atoms with Crippen molar-refractivity contribution in [2.45, 2.75) is 28.1 Å². The summed E-state index contributed by atoms with van der Waals surface area (Å²) in [4.78, 5) is 20.8. The van der Waals surface area contributed by atoms with Crippen LogP contribution in [0.1, 0.15) is 13.3 Å². The Bertz CT molecular complexity index is 215. The molecule has 0 radical (unpaired) electrons. The van der Waals surface area contributed by atoms with Gasteiger partial charge in [-0.15, -0.1) is 0 Å². The van der Waals surface area contributed by atoms with Gasteiger partial charge in [0.15, 0.2) is 6.10 Å². The van der Waals surface area contributed by atoms with E-state index in [1.165, 1.54) is 0 Å². The zero-order valence-corrected chi connectivity index (χ0v) is 11.0. The zero-order chi connectivity index (χ0) is 11.4. The summed E-state index contributed by atoms with van der Waals surface area (Å²) in [6.07, 6.45) is -0.682. The van der Waals surface area contributed by atoms with Crippen molar-refractivity contribution in [3.05, 3.63) is 0 Å². The van der Waals surface area contributed by atoms with Gasteiger partial charge in [-0.2, -0.15) is 0 Å². The summed E-state index contributed by atoms with van der Waals surface area (Å²) >= 11 is 19.5. The van der Waals surface area contributed by atoms with E-state index in [1.54, 1.807) is 6.92 Å². The number of alkyl halides is 4. The second-order valence-corrected chi connectivity index (χ2v) is 6.23. The summed E-state index contributed by atoms with van der Waals surface area (Å²) in [5.74, 6) is -0.580. The number of aldehydes is 1. The summed E-state index contributed by atoms with van der Waals surface area (Å²) in [5, 5.41) is 0. The smallest absolute Gasteiger partial charge is 0.319 e. The van der Waals surface area contributed by atoms with E-state index < -0.39 is 20.7 Å². The monoisotopic (exact) mass is 324 g/mol. The molecule has 0 rings (SSSR count). The Balaban J connectivity index is 4.38. The molecule has 0 bridgehead atoms. The maximum Gasteiger partial charge on any atom is 0.319 e. The van der Waals surface area contributed by atoms with Crippen LogP contribution in [0, 0.1) is 0 Å². The molecule has 0 aromatic carbocycles. The predicted molar refractivity (Wildman–Crippen MR) is 59.2 cm³/mol. The standard InChI is InChI=1S/C7H8BrCl3O3/c1-4(8)6(13)14-5(2-3-12)7(9,10)11/h3-5H,2H2,1H3. The van der Waals surface area contributed by atoms with Crippen molar-refractivity contribution < 1.29 is 14.3 Å². The Hall–Kier alpha value is 0.490. The van der Waals surface area contributed by atoms with Crippen LogP contribution in [0.5, 0.6) is 0 Å². The molecule has 0 aliphatic carbocycles. The number of rotatable bonds is 4. The minimum atomic E-state index is -1.79. The maximum absolute atomic E-state index is 11.1. The van der Waals surface area contributed by atoms with Crippen LogP contribution < -0.4 is 0 Å². The minimum absolute atomic E-state index is 0.151. The van der Waals surface area contributed by atoms with Crippen molar-refractivity contribution in [2.75, 3.05) is 0 Å². The highest BCUT2D eigenvalue weighted by atomic mass is 79.9. The molecule has 0 amide bonds. The Kier molecular flexibility index (Phi) is 6.37. The van der Waals surface area contributed by atoms with Crippen molar-refractivity contribution in [1.29, 1.82) is 0 Å². The predicted octanol–water partition coefficient (Wildman–Crippen LogP) is 2.64. The van der Waals surface area contributed by atoms with Crippen molar-refractivity contribution in [3.63, 3.8) is 0 Å². The molecule has 0 aliphatic heterocycles. The van der Waals surface area contributed by atoms with Gasteiger partial charge in [0.05, 0.1) is 0 Å². The molecule has 0 aromatic rings. The van der Waals surface area contributed by atoms with Crippen molar-refractivity contribution in [2.24, 2.45) is 0 Å². The van der Waals surface area contributed by atoms with E-state index in [0.29, 0.717) is 6.29 Å². The van der Waals surface area contributed by atoms with Gasteiger partial charge in [-0.05, 0) is 6.92 Å². The molecular formula is C7H8BrCl3O3. The van der Waals surface area contributed by atoms with Crippen LogP contribution in [-0.4, -0.2) is 27.0 Å². The summed E-state index contributed by atoms with van der Waals surface area (Å²) < 4.78 is 3.01. The molecule has 0 spiro atoms. The van der Waals surface area contributed by atoms with Crippen LogP contribution in [-0.2, 0) is 14.3 Å². The van der Waals surface area contributed by atoms with E-state index in [2.05, 4.69) is 15.9 Å². The second-order valence-electron chi connectivity index (χ2n) is 2.49. The number of carbonyl (C=O) groups excluding carboxylic acids is 2. The minimum Gasteiger partial charge on any atom is -0.457 e. The third-order valence-electron chi connectivity index (χ3n) is 1.26. The first-order chi connectivity index (χ1) is 6.29. The Morgan fingerprint density at radius 3 is 2.36 bits per heavy atom. The molecule has 0 aliphatic rings. The van der Waals surface area contributed by atoms with Crippen LogP contribution in [0.15, 0.2) is 0 Å². The first-order valence-corrected chi connectivity index (χ1v) is 5.69. The zero-order valence-electron chi connectivity index (χ0n) is 7.18. The van der Waals surface area contributed by atoms with E-state index >= 15 is 0 Å². The lowest BCUT2D eigenvalue weighted by Gasteiger charge is -2.23. The highest BCUT2D eigenvalue weighted by Crippen LogP contribution is 2.34. The van der Waals surface area contributed by atoms with Crippen LogP contribution in [0.25, 0.3) is 0 Å². The fourth-order valence-electron chi connectivity index (χ4n) is 0.570. The molecular weight excluding hydrogens is 318 g/mol. The van der Waals surface area contributed by atoms with Crippen molar-refractivity contribution in [3.8, 4) is 0 Å². The van der Waals surface area contributed by atoms with Crippen LogP contribution in [0.2, 0.25) is 0 Å². The first kappa shape index (κ1) is 14.5. The molecule has 0 N–H and O–H groups in total. The first-order valence-electron chi connectivity index (χ1n) is 3.64. The number of hydrogen-bond acceptors (Lipinski definition) is 3. The van der Waals surface area contributed by atoms with Crippen LogP contribution >= 0.6 is 50.7 Å². The average molecular weight is 326 g/mol. The van der Waals surface area contributed by atoms with Gasteiger partial charge in [-0.3, -0.25) is 4.79 Å². The molecule has 14 heavy (non-hydrogen) atoms. The fourth-order valence-corrected chi connectivity index (χ4v) is 1.08. The quantitative estimate of drug-likeness (QED) is 0.453. The topological polar surface area (TPSA) is 43.4 Å². The summed E-state index contributed by atoms with van der Waals surface area (Å²) in [5.41, 5.74) is 0. The third-order valence-corrected chi connectivity index (χ3v) is 2.36. The lowest BCUT2D eigenvalue weighted by Crippen LogP contribution is -2.33. The van der Waals surface area contributed by atoms with Gasteiger partial charge in [0.25, 0.3) is 0 Å². The number of esters is 1. The van der Waals surface area contributed by atoms with Gasteiger partial charge in [0, 0.05) is 6.42 Å². The third kappa shape index (κ3) is 5.39. The highest BCUT2D eigenvalue weighted by Gasteiger charge is 2.36. The maximum atomic E-state index is 11.1. The molecule has 0 saturated carbocycles. The number of carbonyl (C=O) groups is 2. The Morgan fingerprint density at radius 1 is 1.57 bits per heavy atom. The van der Waals surface area contributed by atoms with E-state index in [9.17, 15) is 9.59 Å². The van der Waals surface area contributed by atoms with Crippen LogP contribution in [0.3, 0.4) is 0 Å².